The Morgan fingerprint density at radius 2 is 1.26 bits per heavy atom. The maximum absolute atomic E-state index is 9.85. The first kappa shape index (κ1) is 26.0. The number of aliphatic hydroxyl groups excluding tert-OH is 2. The van der Waals surface area contributed by atoms with Gasteiger partial charge in [0.1, 0.15) is 11.5 Å². The van der Waals surface area contributed by atoms with Gasteiger partial charge in [0.15, 0.2) is 0 Å². The minimum Gasteiger partial charge on any atom is -0.493 e. The van der Waals surface area contributed by atoms with Crippen molar-refractivity contribution in [3.8, 4) is 22.6 Å². The molecule has 2 aromatic rings. The van der Waals surface area contributed by atoms with Crippen LogP contribution in [-0.4, -0.2) is 84.7 Å². The largest absolute Gasteiger partial charge is 0.493 e. The molecule has 2 aliphatic rings. The predicted molar refractivity (Wildman–Crippen MR) is 140 cm³/mol. The molecular weight excluding hydrogens is 440 g/mol. The lowest BCUT2D eigenvalue weighted by Gasteiger charge is -2.29. The van der Waals surface area contributed by atoms with Crippen molar-refractivity contribution >= 4 is 0 Å². The average Bonchev–Trinajstić information content (AvgIpc) is 3.26. The van der Waals surface area contributed by atoms with Crippen molar-refractivity contribution in [1.82, 2.24) is 9.80 Å². The van der Waals surface area contributed by atoms with E-state index in [2.05, 4.69) is 54.0 Å². The molecule has 6 nitrogen and oxygen atoms in total. The van der Waals surface area contributed by atoms with Crippen LogP contribution >= 0.6 is 0 Å². The predicted octanol–water partition coefficient (Wildman–Crippen LogP) is 4.03. The summed E-state index contributed by atoms with van der Waals surface area (Å²) in [6.07, 6.45) is 4.45. The molecule has 2 heterocycles. The maximum atomic E-state index is 9.85. The number of benzene rings is 2. The summed E-state index contributed by atoms with van der Waals surface area (Å²) in [6.45, 7) is 11.2. The molecule has 35 heavy (non-hydrogen) atoms. The number of ether oxygens (including phenoxy) is 2. The van der Waals surface area contributed by atoms with Crippen molar-refractivity contribution in [2.24, 2.45) is 0 Å². The summed E-state index contributed by atoms with van der Waals surface area (Å²) in [5.74, 6) is 1.86. The van der Waals surface area contributed by atoms with Crippen molar-refractivity contribution in [2.75, 3.05) is 52.5 Å². The molecular formula is C29H42N2O4. The van der Waals surface area contributed by atoms with Gasteiger partial charge < -0.3 is 29.5 Å². The van der Waals surface area contributed by atoms with Gasteiger partial charge in [-0.05, 0) is 86.9 Å². The molecule has 2 atom stereocenters. The third-order valence-corrected chi connectivity index (χ3v) is 7.34. The zero-order valence-electron chi connectivity index (χ0n) is 21.4. The number of rotatable bonds is 11. The number of piperidine rings is 1. The fraction of sp³-hybridized carbons (Fsp3) is 0.586. The molecule has 4 rings (SSSR count). The van der Waals surface area contributed by atoms with E-state index in [1.807, 2.05) is 6.07 Å². The van der Waals surface area contributed by atoms with Crippen LogP contribution in [0.1, 0.15) is 43.2 Å². The van der Waals surface area contributed by atoms with Gasteiger partial charge in [-0.1, -0.05) is 24.3 Å². The van der Waals surface area contributed by atoms with Gasteiger partial charge in [0.2, 0.25) is 0 Å². The van der Waals surface area contributed by atoms with E-state index in [1.54, 1.807) is 0 Å². The van der Waals surface area contributed by atoms with Crippen LogP contribution in [0, 0.1) is 13.8 Å². The van der Waals surface area contributed by atoms with Gasteiger partial charge in [0, 0.05) is 32.7 Å². The molecule has 6 heteroatoms. The molecule has 192 valence electrons. The Morgan fingerprint density at radius 1 is 0.743 bits per heavy atom. The van der Waals surface area contributed by atoms with Crippen LogP contribution in [0.15, 0.2) is 36.4 Å². The van der Waals surface area contributed by atoms with Crippen LogP contribution in [0.4, 0.5) is 0 Å². The summed E-state index contributed by atoms with van der Waals surface area (Å²) in [6, 6.07) is 12.5. The molecule has 0 bridgehead atoms. The first-order valence-corrected chi connectivity index (χ1v) is 13.3. The van der Waals surface area contributed by atoms with Gasteiger partial charge >= 0.3 is 0 Å². The first-order chi connectivity index (χ1) is 17.0. The average molecular weight is 483 g/mol. The number of hydrogen-bond donors (Lipinski definition) is 2. The first-order valence-electron chi connectivity index (χ1n) is 13.3. The monoisotopic (exact) mass is 482 g/mol. The zero-order chi connectivity index (χ0) is 24.6. The lowest BCUT2D eigenvalue weighted by molar-refractivity contribution is 0.0679. The molecule has 0 spiro atoms. The van der Waals surface area contributed by atoms with Crippen LogP contribution in [0.25, 0.3) is 11.1 Å². The number of likely N-dealkylation sites (tertiary alicyclic amines) is 2. The van der Waals surface area contributed by atoms with E-state index >= 15 is 0 Å². The number of aliphatic hydroxyl groups is 2. The Hall–Kier alpha value is -2.12. The smallest absolute Gasteiger partial charge is 0.122 e. The van der Waals surface area contributed by atoms with Crippen LogP contribution in [0.5, 0.6) is 11.5 Å². The normalized spacial score (nSPS) is 21.4. The molecule has 0 aliphatic carbocycles. The van der Waals surface area contributed by atoms with Gasteiger partial charge in [-0.15, -0.1) is 0 Å². The SMILES string of the molecule is Cc1c(OCCCN2CCCC(O)C2)cccc1-c1cccc(OCCCN2CCC(O)C2)c1C. The van der Waals surface area contributed by atoms with Crippen molar-refractivity contribution < 1.29 is 19.7 Å². The lowest BCUT2D eigenvalue weighted by Crippen LogP contribution is -2.39. The lowest BCUT2D eigenvalue weighted by atomic mass is 9.95. The summed E-state index contributed by atoms with van der Waals surface area (Å²) in [5, 5.41) is 19.5. The Labute approximate surface area is 210 Å². The molecule has 0 amide bonds. The van der Waals surface area contributed by atoms with Gasteiger partial charge in [-0.3, -0.25) is 0 Å². The Morgan fingerprint density at radius 3 is 1.77 bits per heavy atom. The summed E-state index contributed by atoms with van der Waals surface area (Å²) in [7, 11) is 0. The number of β-amino-alcohol motifs (C(OH)–C–C–N with tert-alkyl or cyclic N) is 2. The fourth-order valence-corrected chi connectivity index (χ4v) is 5.32. The number of nitrogens with zero attached hydrogens (tertiary/aromatic N) is 2. The highest BCUT2D eigenvalue weighted by molar-refractivity contribution is 5.74. The molecule has 2 saturated heterocycles. The highest BCUT2D eigenvalue weighted by Crippen LogP contribution is 2.35. The second-order valence-electron chi connectivity index (χ2n) is 10.1. The molecule has 0 aromatic heterocycles. The molecule has 2 N–H and O–H groups in total. The van der Waals surface area contributed by atoms with E-state index in [0.29, 0.717) is 13.2 Å². The minimum atomic E-state index is -0.175. The van der Waals surface area contributed by atoms with Crippen LogP contribution in [0.2, 0.25) is 0 Å². The third-order valence-electron chi connectivity index (χ3n) is 7.34. The van der Waals surface area contributed by atoms with Crippen molar-refractivity contribution in [1.29, 1.82) is 0 Å². The van der Waals surface area contributed by atoms with E-state index in [1.165, 1.54) is 11.1 Å². The van der Waals surface area contributed by atoms with E-state index in [-0.39, 0.29) is 12.2 Å². The van der Waals surface area contributed by atoms with Gasteiger partial charge in [-0.25, -0.2) is 0 Å². The molecule has 2 aliphatic heterocycles. The Balaban J connectivity index is 1.31. The quantitative estimate of drug-likeness (QED) is 0.472. The second kappa shape index (κ2) is 12.7. The maximum Gasteiger partial charge on any atom is 0.122 e. The van der Waals surface area contributed by atoms with Crippen LogP contribution in [-0.2, 0) is 0 Å². The third kappa shape index (κ3) is 7.20. The second-order valence-corrected chi connectivity index (χ2v) is 10.1. The molecule has 2 unspecified atom stereocenters. The molecule has 0 saturated carbocycles. The molecule has 2 fully saturated rings. The van der Waals surface area contributed by atoms with Crippen molar-refractivity contribution in [3.63, 3.8) is 0 Å². The summed E-state index contributed by atoms with van der Waals surface area (Å²) in [4.78, 5) is 4.65. The topological polar surface area (TPSA) is 65.4 Å². The fourth-order valence-electron chi connectivity index (χ4n) is 5.32. The van der Waals surface area contributed by atoms with Crippen molar-refractivity contribution in [2.45, 2.75) is 58.2 Å². The summed E-state index contributed by atoms with van der Waals surface area (Å²) >= 11 is 0. The molecule has 0 radical (unpaired) electrons. The molecule has 2 aromatic carbocycles. The Kier molecular flexibility index (Phi) is 9.44. The van der Waals surface area contributed by atoms with Crippen LogP contribution in [0.3, 0.4) is 0 Å². The summed E-state index contributed by atoms with van der Waals surface area (Å²) < 4.78 is 12.3. The van der Waals surface area contributed by atoms with Gasteiger partial charge in [0.25, 0.3) is 0 Å². The van der Waals surface area contributed by atoms with Gasteiger partial charge in [-0.2, -0.15) is 0 Å². The standard InChI is InChI=1S/C29H42N2O4/c1-22-26(9-3-11-28(22)34-18-6-15-30-14-5-8-24(32)20-30)27-10-4-12-29(23(27)2)35-19-7-16-31-17-13-25(33)21-31/h3-4,9-12,24-25,32-33H,5-8,13-21H2,1-2H3. The number of hydrogen-bond acceptors (Lipinski definition) is 6. The zero-order valence-corrected chi connectivity index (χ0v) is 21.4. The van der Waals surface area contributed by atoms with E-state index in [0.717, 1.165) is 94.0 Å². The van der Waals surface area contributed by atoms with Gasteiger partial charge in [0.05, 0.1) is 25.4 Å². The minimum absolute atomic E-state index is 0.165. The highest BCUT2D eigenvalue weighted by Gasteiger charge is 2.20. The summed E-state index contributed by atoms with van der Waals surface area (Å²) in [5.41, 5.74) is 4.65. The van der Waals surface area contributed by atoms with E-state index in [4.69, 9.17) is 9.47 Å². The Bertz CT molecular complexity index is 950. The van der Waals surface area contributed by atoms with Crippen LogP contribution < -0.4 is 9.47 Å². The highest BCUT2D eigenvalue weighted by atomic mass is 16.5. The van der Waals surface area contributed by atoms with Crippen molar-refractivity contribution in [3.05, 3.63) is 47.5 Å². The van der Waals surface area contributed by atoms with E-state index < -0.39 is 0 Å². The van der Waals surface area contributed by atoms with E-state index in [9.17, 15) is 10.2 Å².